The van der Waals surface area contributed by atoms with Crippen LogP contribution in [0.3, 0.4) is 0 Å². The summed E-state index contributed by atoms with van der Waals surface area (Å²) in [5, 5.41) is 13.7. The summed E-state index contributed by atoms with van der Waals surface area (Å²) in [6.45, 7) is 0. The molecule has 0 saturated heterocycles. The zero-order chi connectivity index (χ0) is 13.0. The van der Waals surface area contributed by atoms with Crippen LogP contribution in [0.15, 0.2) is 30.3 Å². The van der Waals surface area contributed by atoms with Crippen molar-refractivity contribution >= 4 is 5.97 Å². The van der Waals surface area contributed by atoms with Crippen molar-refractivity contribution in [2.24, 2.45) is 0 Å². The van der Waals surface area contributed by atoms with Gasteiger partial charge in [0, 0.05) is 11.5 Å². The Labute approximate surface area is 110 Å². The van der Waals surface area contributed by atoms with Crippen molar-refractivity contribution in [3.63, 3.8) is 0 Å². The quantitative estimate of drug-likeness (QED) is 0.896. The molecular weight excluding hydrogens is 240 g/mol. The number of fused-ring (bicyclic) bond motifs is 5. The Morgan fingerprint density at radius 3 is 2.68 bits per heavy atom. The number of aromatic carboxylic acids is 1. The van der Waals surface area contributed by atoms with E-state index in [4.69, 9.17) is 0 Å². The average Bonchev–Trinajstić information content (AvgIpc) is 3.11. The van der Waals surface area contributed by atoms with Gasteiger partial charge in [-0.1, -0.05) is 18.2 Å². The maximum Gasteiger partial charge on any atom is 0.356 e. The summed E-state index contributed by atoms with van der Waals surface area (Å²) in [5.41, 5.74) is 3.34. The normalized spacial score (nSPS) is 23.6. The molecule has 0 spiro atoms. The highest BCUT2D eigenvalue weighted by molar-refractivity contribution is 5.88. The number of carbonyl (C=O) groups is 1. The third kappa shape index (κ3) is 1.40. The van der Waals surface area contributed by atoms with Crippen molar-refractivity contribution in [1.29, 1.82) is 0 Å². The van der Waals surface area contributed by atoms with Gasteiger partial charge in [-0.05, 0) is 37.3 Å². The van der Waals surface area contributed by atoms with Crippen LogP contribution in [0.5, 0.6) is 0 Å². The minimum absolute atomic E-state index is 0.256. The van der Waals surface area contributed by atoms with Crippen molar-refractivity contribution in [2.75, 3.05) is 0 Å². The topological polar surface area (TPSA) is 55.1 Å². The number of hydrogen-bond donors (Lipinski definition) is 1. The van der Waals surface area contributed by atoms with Gasteiger partial charge >= 0.3 is 5.97 Å². The molecule has 19 heavy (non-hydrogen) atoms. The van der Waals surface area contributed by atoms with Crippen molar-refractivity contribution in [3.8, 4) is 5.69 Å². The zero-order valence-electron chi connectivity index (χ0n) is 10.4. The fourth-order valence-corrected chi connectivity index (χ4v) is 3.65. The van der Waals surface area contributed by atoms with Crippen molar-refractivity contribution in [3.05, 3.63) is 47.3 Å². The number of aromatic nitrogens is 2. The minimum atomic E-state index is -0.904. The molecular formula is C15H14N2O2. The standard InChI is InChI=1S/C15H14N2O2/c18-15(19)13-12-9-6-7-10(8-9)14(12)17(16-13)11-4-2-1-3-5-11/h1-5,9-10H,6-8H2,(H,18,19). The molecule has 2 aromatic rings. The van der Waals surface area contributed by atoms with Crippen LogP contribution in [0.2, 0.25) is 0 Å². The second-order valence-electron chi connectivity index (χ2n) is 5.41. The third-order valence-electron chi connectivity index (χ3n) is 4.39. The summed E-state index contributed by atoms with van der Waals surface area (Å²) in [5.74, 6) is -0.0113. The van der Waals surface area contributed by atoms with Crippen molar-refractivity contribution in [2.45, 2.75) is 31.1 Å². The van der Waals surface area contributed by atoms with Crippen molar-refractivity contribution < 1.29 is 9.90 Å². The molecule has 2 unspecified atom stereocenters. The molecule has 1 aromatic heterocycles. The number of para-hydroxylation sites is 1. The first-order valence-corrected chi connectivity index (χ1v) is 6.67. The fourth-order valence-electron chi connectivity index (χ4n) is 3.65. The van der Waals surface area contributed by atoms with Crippen LogP contribution >= 0.6 is 0 Å². The van der Waals surface area contributed by atoms with Crippen LogP contribution in [-0.4, -0.2) is 20.9 Å². The number of benzene rings is 1. The second kappa shape index (κ2) is 3.70. The van der Waals surface area contributed by atoms with E-state index in [9.17, 15) is 9.90 Å². The Hall–Kier alpha value is -2.10. The lowest BCUT2D eigenvalue weighted by Crippen LogP contribution is -2.05. The smallest absolute Gasteiger partial charge is 0.356 e. The van der Waals surface area contributed by atoms with Crippen LogP contribution in [0.4, 0.5) is 0 Å². The average molecular weight is 254 g/mol. The van der Waals surface area contributed by atoms with Gasteiger partial charge in [-0.2, -0.15) is 5.10 Å². The SMILES string of the molecule is O=C(O)c1nn(-c2ccccc2)c2c1C1CCC2C1. The first-order valence-electron chi connectivity index (χ1n) is 6.67. The van der Waals surface area contributed by atoms with E-state index in [1.165, 1.54) is 0 Å². The van der Waals surface area contributed by atoms with E-state index in [0.29, 0.717) is 11.8 Å². The Morgan fingerprint density at radius 1 is 1.21 bits per heavy atom. The fraction of sp³-hybridized carbons (Fsp3) is 0.333. The van der Waals surface area contributed by atoms with Gasteiger partial charge in [-0.3, -0.25) is 0 Å². The summed E-state index contributed by atoms with van der Waals surface area (Å²) < 4.78 is 1.85. The highest BCUT2D eigenvalue weighted by atomic mass is 16.4. The van der Waals surface area contributed by atoms with Gasteiger partial charge in [0.15, 0.2) is 5.69 Å². The highest BCUT2D eigenvalue weighted by Crippen LogP contribution is 2.54. The maximum absolute atomic E-state index is 11.4. The summed E-state index contributed by atoms with van der Waals surface area (Å²) in [6.07, 6.45) is 3.37. The van der Waals surface area contributed by atoms with E-state index >= 15 is 0 Å². The van der Waals surface area contributed by atoms with Gasteiger partial charge < -0.3 is 5.11 Å². The molecule has 4 nitrogen and oxygen atoms in total. The Bertz CT molecular complexity index is 660. The van der Waals surface area contributed by atoms with Gasteiger partial charge in [0.25, 0.3) is 0 Å². The van der Waals surface area contributed by atoms with E-state index in [0.717, 1.165) is 36.2 Å². The van der Waals surface area contributed by atoms with E-state index < -0.39 is 5.97 Å². The molecule has 1 heterocycles. The van der Waals surface area contributed by atoms with E-state index in [2.05, 4.69) is 5.10 Å². The molecule has 1 saturated carbocycles. The van der Waals surface area contributed by atoms with Crippen LogP contribution in [-0.2, 0) is 0 Å². The molecule has 4 rings (SSSR count). The van der Waals surface area contributed by atoms with Crippen LogP contribution < -0.4 is 0 Å². The largest absolute Gasteiger partial charge is 0.476 e. The predicted octanol–water partition coefficient (Wildman–Crippen LogP) is 2.94. The molecule has 2 aliphatic rings. The molecule has 4 heteroatoms. The first kappa shape index (κ1) is 10.8. The summed E-state index contributed by atoms with van der Waals surface area (Å²) >= 11 is 0. The second-order valence-corrected chi connectivity index (χ2v) is 5.41. The van der Waals surface area contributed by atoms with Crippen molar-refractivity contribution in [1.82, 2.24) is 9.78 Å². The summed E-state index contributed by atoms with van der Waals surface area (Å²) in [4.78, 5) is 11.4. The highest BCUT2D eigenvalue weighted by Gasteiger charge is 2.44. The third-order valence-corrected chi connectivity index (χ3v) is 4.39. The number of hydrogen-bond acceptors (Lipinski definition) is 2. The molecule has 1 N–H and O–H groups in total. The maximum atomic E-state index is 11.4. The van der Waals surface area contributed by atoms with E-state index in [1.807, 2.05) is 35.0 Å². The van der Waals surface area contributed by atoms with E-state index in [1.54, 1.807) is 0 Å². The van der Waals surface area contributed by atoms with Gasteiger partial charge in [-0.25, -0.2) is 9.48 Å². The number of carboxylic acid groups (broad SMARTS) is 1. The molecule has 0 aliphatic heterocycles. The molecule has 1 fully saturated rings. The van der Waals surface area contributed by atoms with E-state index in [-0.39, 0.29) is 5.69 Å². The van der Waals surface area contributed by atoms with Gasteiger partial charge in [0.1, 0.15) is 0 Å². The van der Waals surface area contributed by atoms with Crippen LogP contribution in [0.25, 0.3) is 5.69 Å². The zero-order valence-corrected chi connectivity index (χ0v) is 10.4. The predicted molar refractivity (Wildman–Crippen MR) is 69.9 cm³/mol. The lowest BCUT2D eigenvalue weighted by molar-refractivity contribution is 0.0688. The Kier molecular flexibility index (Phi) is 2.10. The summed E-state index contributed by atoms with van der Waals surface area (Å²) in [7, 11) is 0. The van der Waals surface area contributed by atoms with Gasteiger partial charge in [-0.15, -0.1) is 0 Å². The number of rotatable bonds is 2. The minimum Gasteiger partial charge on any atom is -0.476 e. The van der Waals surface area contributed by atoms with Gasteiger partial charge in [0.05, 0.1) is 11.4 Å². The number of nitrogens with zero attached hydrogens (tertiary/aromatic N) is 2. The molecule has 1 aromatic carbocycles. The number of carboxylic acids is 1. The lowest BCUT2D eigenvalue weighted by atomic mass is 9.95. The Morgan fingerprint density at radius 2 is 1.95 bits per heavy atom. The van der Waals surface area contributed by atoms with Crippen LogP contribution in [0, 0.1) is 0 Å². The molecule has 2 atom stereocenters. The molecule has 2 aliphatic carbocycles. The summed E-state index contributed by atoms with van der Waals surface area (Å²) in [6, 6.07) is 9.82. The Balaban J connectivity index is 1.97. The molecule has 2 bridgehead atoms. The molecule has 96 valence electrons. The molecule has 0 amide bonds. The lowest BCUT2D eigenvalue weighted by Gasteiger charge is -2.13. The van der Waals surface area contributed by atoms with Crippen LogP contribution in [0.1, 0.15) is 52.8 Å². The first-order chi connectivity index (χ1) is 9.25. The molecule has 0 radical (unpaired) electrons. The monoisotopic (exact) mass is 254 g/mol. The van der Waals surface area contributed by atoms with Gasteiger partial charge in [0.2, 0.25) is 0 Å².